The minimum atomic E-state index is -0.482. The molecule has 3 heteroatoms. The predicted molar refractivity (Wildman–Crippen MR) is 77.3 cm³/mol. The van der Waals surface area contributed by atoms with Crippen molar-refractivity contribution in [2.24, 2.45) is 0 Å². The highest BCUT2D eigenvalue weighted by Crippen LogP contribution is 2.36. The van der Waals surface area contributed by atoms with Gasteiger partial charge in [0.25, 0.3) is 0 Å². The lowest BCUT2D eigenvalue weighted by molar-refractivity contribution is 0.411. The van der Waals surface area contributed by atoms with E-state index >= 15 is 0 Å². The molecule has 1 rings (SSSR count). The van der Waals surface area contributed by atoms with Crippen LogP contribution in [0.15, 0.2) is 18.2 Å². The van der Waals surface area contributed by atoms with Crippen LogP contribution in [0.1, 0.15) is 47.1 Å². The maximum Gasteiger partial charge on any atom is 0.141 e. The summed E-state index contributed by atoms with van der Waals surface area (Å²) in [5.41, 5.74) is 1.25. The molecule has 0 unspecified atom stereocenters. The van der Waals surface area contributed by atoms with Crippen molar-refractivity contribution in [2.75, 3.05) is 12.2 Å². The average Bonchev–Trinajstić information content (AvgIpc) is 2.24. The van der Waals surface area contributed by atoms with Gasteiger partial charge in [-0.1, -0.05) is 26.8 Å². The van der Waals surface area contributed by atoms with Gasteiger partial charge in [-0.2, -0.15) is 0 Å². The lowest BCUT2D eigenvalue weighted by atomic mass is 9.86. The molecule has 1 aromatic rings. The highest BCUT2D eigenvalue weighted by Gasteiger charge is 2.20. The van der Waals surface area contributed by atoms with Gasteiger partial charge in [0.1, 0.15) is 5.75 Å². The van der Waals surface area contributed by atoms with E-state index in [1.807, 2.05) is 39.0 Å². The zero-order valence-electron chi connectivity index (χ0n) is 12.5. The normalized spacial score (nSPS) is 12.4. The summed E-state index contributed by atoms with van der Waals surface area (Å²) < 4.78 is 5.29. The first-order chi connectivity index (χ1) is 8.07. The van der Waals surface area contributed by atoms with Gasteiger partial charge in [-0.3, -0.25) is 0 Å². The van der Waals surface area contributed by atoms with E-state index in [2.05, 4.69) is 20.8 Å². The van der Waals surface area contributed by atoms with Crippen molar-refractivity contribution in [3.63, 3.8) is 0 Å². The van der Waals surface area contributed by atoms with Crippen LogP contribution in [0.25, 0.3) is 0 Å². The topological polar surface area (TPSA) is 35.5 Å². The maximum absolute atomic E-state index is 12.4. The molecule has 0 aliphatic rings. The molecule has 0 saturated carbocycles. The van der Waals surface area contributed by atoms with Crippen LogP contribution in [0.4, 0.5) is 5.69 Å². The highest BCUT2D eigenvalue weighted by atomic mass is 16.5. The van der Waals surface area contributed by atoms with Gasteiger partial charge in [0.15, 0.2) is 0 Å². The molecular weight excluding hydrogens is 226 g/mol. The molecule has 0 atom stereocenters. The van der Waals surface area contributed by atoms with Gasteiger partial charge in [-0.05, 0) is 43.9 Å². The lowest BCUT2D eigenvalue weighted by Gasteiger charge is -2.44. The van der Waals surface area contributed by atoms with Gasteiger partial charge >= 0.3 is 0 Å². The predicted octanol–water partition coefficient (Wildman–Crippen LogP) is 4.10. The van der Waals surface area contributed by atoms with Gasteiger partial charge in [-0.15, -0.1) is 0 Å². The van der Waals surface area contributed by atoms with E-state index < -0.39 is 5.54 Å². The Morgan fingerprint density at radius 2 is 1.61 bits per heavy atom. The van der Waals surface area contributed by atoms with Gasteiger partial charge in [0.05, 0.1) is 12.8 Å². The minimum Gasteiger partial charge on any atom is -0.758 e. The fourth-order valence-electron chi connectivity index (χ4n) is 1.68. The summed E-state index contributed by atoms with van der Waals surface area (Å²) in [4.78, 5) is 0. The van der Waals surface area contributed by atoms with Gasteiger partial charge < -0.3 is 15.0 Å². The average molecular weight is 250 g/mol. The number of rotatable bonds is 2. The SMILES string of the molecule is COc1ccc(C(C)(C)C)cc1N([O-])C(C)(C)C. The monoisotopic (exact) mass is 250 g/mol. The van der Waals surface area contributed by atoms with Crippen LogP contribution in [0.2, 0.25) is 0 Å². The third kappa shape index (κ3) is 3.16. The smallest absolute Gasteiger partial charge is 0.141 e. The zero-order chi connectivity index (χ0) is 14.1. The molecule has 102 valence electrons. The minimum absolute atomic E-state index is 0.0136. The summed E-state index contributed by atoms with van der Waals surface area (Å²) in [5, 5.41) is 13.4. The number of anilines is 1. The number of nitrogens with zero attached hydrogens (tertiary/aromatic N) is 1. The molecule has 0 spiro atoms. The Balaban J connectivity index is 3.31. The van der Waals surface area contributed by atoms with E-state index in [1.165, 1.54) is 0 Å². The first-order valence-corrected chi connectivity index (χ1v) is 6.23. The third-order valence-corrected chi connectivity index (χ3v) is 2.87. The molecule has 0 fully saturated rings. The van der Waals surface area contributed by atoms with E-state index in [0.29, 0.717) is 11.4 Å². The third-order valence-electron chi connectivity index (χ3n) is 2.87. The number of benzene rings is 1. The van der Waals surface area contributed by atoms with Crippen LogP contribution in [-0.2, 0) is 5.41 Å². The van der Waals surface area contributed by atoms with Gasteiger partial charge in [0.2, 0.25) is 0 Å². The van der Waals surface area contributed by atoms with Crippen molar-refractivity contribution in [3.8, 4) is 5.75 Å². The van der Waals surface area contributed by atoms with Crippen molar-refractivity contribution >= 4 is 5.69 Å². The van der Waals surface area contributed by atoms with Crippen molar-refractivity contribution in [1.29, 1.82) is 0 Å². The van der Waals surface area contributed by atoms with Crippen molar-refractivity contribution in [1.82, 2.24) is 0 Å². The summed E-state index contributed by atoms with van der Waals surface area (Å²) in [6.07, 6.45) is 0. The van der Waals surface area contributed by atoms with Crippen molar-refractivity contribution in [3.05, 3.63) is 29.0 Å². The molecule has 0 aliphatic carbocycles. The first-order valence-electron chi connectivity index (χ1n) is 6.23. The van der Waals surface area contributed by atoms with Crippen LogP contribution >= 0.6 is 0 Å². The van der Waals surface area contributed by atoms with Crippen molar-refractivity contribution in [2.45, 2.75) is 52.5 Å². The second-order valence-corrected chi connectivity index (χ2v) is 6.60. The van der Waals surface area contributed by atoms with E-state index in [-0.39, 0.29) is 5.41 Å². The van der Waals surface area contributed by atoms with Crippen LogP contribution in [-0.4, -0.2) is 12.6 Å². The Morgan fingerprint density at radius 3 is 2.00 bits per heavy atom. The van der Waals surface area contributed by atoms with E-state index in [4.69, 9.17) is 4.74 Å². The Morgan fingerprint density at radius 1 is 1.06 bits per heavy atom. The van der Waals surface area contributed by atoms with E-state index in [9.17, 15) is 5.21 Å². The first kappa shape index (κ1) is 14.8. The molecule has 0 N–H and O–H groups in total. The highest BCUT2D eigenvalue weighted by molar-refractivity contribution is 5.62. The molecule has 0 heterocycles. The Hall–Kier alpha value is -1.22. The van der Waals surface area contributed by atoms with Crippen LogP contribution in [0, 0.1) is 5.21 Å². The summed E-state index contributed by atoms with van der Waals surface area (Å²) in [6.45, 7) is 12.1. The van der Waals surface area contributed by atoms with Gasteiger partial charge in [0, 0.05) is 5.54 Å². The molecule has 0 amide bonds. The number of methoxy groups -OCH3 is 1. The van der Waals surface area contributed by atoms with Crippen molar-refractivity contribution < 1.29 is 4.74 Å². The molecule has 3 nitrogen and oxygen atoms in total. The van der Waals surface area contributed by atoms with Crippen LogP contribution < -0.4 is 9.80 Å². The molecule has 0 radical (unpaired) electrons. The number of hydroxylamine groups is 1. The van der Waals surface area contributed by atoms with Crippen LogP contribution in [0.3, 0.4) is 0 Å². The Kier molecular flexibility index (Phi) is 3.96. The fourth-order valence-corrected chi connectivity index (χ4v) is 1.68. The molecule has 0 aliphatic heterocycles. The fraction of sp³-hybridized carbons (Fsp3) is 0.600. The lowest BCUT2D eigenvalue weighted by Crippen LogP contribution is -2.37. The zero-order valence-corrected chi connectivity index (χ0v) is 12.5. The van der Waals surface area contributed by atoms with Gasteiger partial charge in [-0.25, -0.2) is 0 Å². The van der Waals surface area contributed by atoms with Crippen LogP contribution in [0.5, 0.6) is 5.75 Å². The molecule has 18 heavy (non-hydrogen) atoms. The Bertz CT molecular complexity index is 413. The Labute approximate surface area is 110 Å². The molecule has 0 bridgehead atoms. The maximum atomic E-state index is 12.4. The largest absolute Gasteiger partial charge is 0.758 e. The number of hydrogen-bond acceptors (Lipinski definition) is 3. The quantitative estimate of drug-likeness (QED) is 0.741. The molecule has 1 aromatic carbocycles. The van der Waals surface area contributed by atoms with E-state index in [1.54, 1.807) is 7.11 Å². The second-order valence-electron chi connectivity index (χ2n) is 6.60. The van der Waals surface area contributed by atoms with E-state index in [0.717, 1.165) is 10.6 Å². The molecule has 0 saturated heterocycles. The standard InChI is InChI=1S/C15H24NO2/c1-14(2,3)11-8-9-13(18-7)12(10-11)16(17)15(4,5)6/h8-10H,1-7H3/q-1. The number of ether oxygens (including phenoxy) is 1. The summed E-state index contributed by atoms with van der Waals surface area (Å²) in [6, 6.07) is 5.81. The second kappa shape index (κ2) is 4.81. The molecule has 0 aromatic heterocycles. The summed E-state index contributed by atoms with van der Waals surface area (Å²) >= 11 is 0. The summed E-state index contributed by atoms with van der Waals surface area (Å²) in [7, 11) is 1.59. The molecular formula is C15H24NO2-. The number of hydrogen-bond donors (Lipinski definition) is 0. The summed E-state index contributed by atoms with van der Waals surface area (Å²) in [5.74, 6) is 0.618.